The second-order valence-electron chi connectivity index (χ2n) is 5.21. The Labute approximate surface area is 104 Å². The lowest BCUT2D eigenvalue weighted by Gasteiger charge is -2.36. The summed E-state index contributed by atoms with van der Waals surface area (Å²) < 4.78 is 11.1. The quantitative estimate of drug-likeness (QED) is 0.810. The molecule has 1 aliphatic carbocycles. The average Bonchev–Trinajstić information content (AvgIpc) is 2.38. The van der Waals surface area contributed by atoms with Gasteiger partial charge < -0.3 is 19.5 Å². The monoisotopic (exact) mass is 243 g/mol. The van der Waals surface area contributed by atoms with Crippen LogP contribution in [0.25, 0.3) is 0 Å². The van der Waals surface area contributed by atoms with E-state index < -0.39 is 0 Å². The maximum absolute atomic E-state index is 9.97. The molecule has 0 spiro atoms. The number of hydrogen-bond donors (Lipinski definition) is 1. The summed E-state index contributed by atoms with van der Waals surface area (Å²) in [6.07, 6.45) is 6.19. The molecule has 1 N–H and O–H groups in total. The second kappa shape index (κ2) is 6.69. The van der Waals surface area contributed by atoms with Crippen LogP contribution in [0.2, 0.25) is 0 Å². The summed E-state index contributed by atoms with van der Waals surface area (Å²) in [5.74, 6) is 0. The van der Waals surface area contributed by atoms with Gasteiger partial charge in [-0.3, -0.25) is 0 Å². The Morgan fingerprint density at radius 3 is 2.53 bits per heavy atom. The van der Waals surface area contributed by atoms with Crippen molar-refractivity contribution in [3.05, 3.63) is 0 Å². The van der Waals surface area contributed by atoms with Gasteiger partial charge in [-0.05, 0) is 26.3 Å². The zero-order valence-corrected chi connectivity index (χ0v) is 10.8. The van der Waals surface area contributed by atoms with Gasteiger partial charge in [0.05, 0.1) is 19.3 Å². The van der Waals surface area contributed by atoms with E-state index in [1.165, 1.54) is 12.8 Å². The Morgan fingerprint density at radius 1 is 1.12 bits per heavy atom. The summed E-state index contributed by atoms with van der Waals surface area (Å²) >= 11 is 0. The Hall–Kier alpha value is -0.160. The highest BCUT2D eigenvalue weighted by molar-refractivity contribution is 4.81. The van der Waals surface area contributed by atoms with Crippen molar-refractivity contribution in [1.82, 2.24) is 4.90 Å². The van der Waals surface area contributed by atoms with Gasteiger partial charge in [-0.15, -0.1) is 0 Å². The van der Waals surface area contributed by atoms with E-state index in [-0.39, 0.29) is 12.4 Å². The van der Waals surface area contributed by atoms with Crippen molar-refractivity contribution in [3.8, 4) is 0 Å². The van der Waals surface area contributed by atoms with Gasteiger partial charge in [-0.2, -0.15) is 0 Å². The fourth-order valence-corrected chi connectivity index (χ4v) is 2.78. The molecule has 0 bridgehead atoms. The van der Waals surface area contributed by atoms with E-state index in [0.29, 0.717) is 6.04 Å². The van der Waals surface area contributed by atoms with Gasteiger partial charge in [-0.25, -0.2) is 0 Å². The van der Waals surface area contributed by atoms with Crippen molar-refractivity contribution in [1.29, 1.82) is 0 Å². The van der Waals surface area contributed by atoms with Crippen LogP contribution in [-0.2, 0) is 9.47 Å². The number of rotatable bonds is 4. The van der Waals surface area contributed by atoms with Crippen LogP contribution in [0.4, 0.5) is 0 Å². The molecule has 0 radical (unpaired) electrons. The topological polar surface area (TPSA) is 41.9 Å². The third-order valence-electron chi connectivity index (χ3n) is 3.87. The van der Waals surface area contributed by atoms with Crippen LogP contribution >= 0.6 is 0 Å². The third-order valence-corrected chi connectivity index (χ3v) is 3.87. The normalized spacial score (nSPS) is 31.9. The van der Waals surface area contributed by atoms with E-state index in [2.05, 4.69) is 11.9 Å². The third kappa shape index (κ3) is 3.91. The van der Waals surface area contributed by atoms with E-state index in [1.54, 1.807) is 0 Å². The van der Waals surface area contributed by atoms with Crippen molar-refractivity contribution in [3.63, 3.8) is 0 Å². The minimum atomic E-state index is -0.151. The molecule has 2 rings (SSSR count). The first-order valence-electron chi connectivity index (χ1n) is 6.89. The van der Waals surface area contributed by atoms with E-state index in [9.17, 15) is 5.11 Å². The van der Waals surface area contributed by atoms with Crippen LogP contribution < -0.4 is 0 Å². The lowest BCUT2D eigenvalue weighted by molar-refractivity contribution is -0.183. The summed E-state index contributed by atoms with van der Waals surface area (Å²) in [5, 5.41) is 9.97. The highest BCUT2D eigenvalue weighted by Gasteiger charge is 2.27. The molecule has 1 saturated heterocycles. The Kier molecular flexibility index (Phi) is 5.22. The Morgan fingerprint density at radius 2 is 1.82 bits per heavy atom. The van der Waals surface area contributed by atoms with Crippen LogP contribution in [-0.4, -0.2) is 55.2 Å². The smallest absolute Gasteiger partial charge is 0.158 e. The second-order valence-corrected chi connectivity index (χ2v) is 5.21. The number of hydrogen-bond acceptors (Lipinski definition) is 4. The number of aliphatic hydroxyl groups excluding tert-OH is 1. The van der Waals surface area contributed by atoms with Crippen LogP contribution in [0.15, 0.2) is 0 Å². The summed E-state index contributed by atoms with van der Waals surface area (Å²) in [5.41, 5.74) is 0. The first kappa shape index (κ1) is 13.3. The Balaban J connectivity index is 1.70. The van der Waals surface area contributed by atoms with E-state index in [1.807, 2.05) is 0 Å². The molecule has 0 aromatic heterocycles. The van der Waals surface area contributed by atoms with Gasteiger partial charge in [0.25, 0.3) is 0 Å². The van der Waals surface area contributed by atoms with Crippen LogP contribution in [0.3, 0.4) is 0 Å². The summed E-state index contributed by atoms with van der Waals surface area (Å²) in [6, 6.07) is 0.326. The molecule has 2 aliphatic rings. The summed E-state index contributed by atoms with van der Waals surface area (Å²) in [4.78, 5) is 2.27. The molecule has 2 atom stereocenters. The van der Waals surface area contributed by atoms with Crippen molar-refractivity contribution in [2.45, 2.75) is 57.0 Å². The molecule has 4 heteroatoms. The lowest BCUT2D eigenvalue weighted by atomic mass is 9.91. The molecule has 17 heavy (non-hydrogen) atoms. The predicted octanol–water partition coefficient (Wildman–Crippen LogP) is 1.37. The molecule has 1 heterocycles. The molecule has 0 amide bonds. The molecule has 100 valence electrons. The van der Waals surface area contributed by atoms with Gasteiger partial charge in [0, 0.05) is 19.0 Å². The summed E-state index contributed by atoms with van der Waals surface area (Å²) in [6.45, 7) is 2.58. The maximum Gasteiger partial charge on any atom is 0.158 e. The molecule has 0 aromatic carbocycles. The summed E-state index contributed by atoms with van der Waals surface area (Å²) in [7, 11) is 2.10. The molecule has 4 nitrogen and oxygen atoms in total. The van der Waals surface area contributed by atoms with Gasteiger partial charge in [-0.1, -0.05) is 12.8 Å². The molecular weight excluding hydrogens is 218 g/mol. The molecule has 1 aliphatic heterocycles. The van der Waals surface area contributed by atoms with Crippen molar-refractivity contribution in [2.75, 3.05) is 26.8 Å². The van der Waals surface area contributed by atoms with Gasteiger partial charge in [0.1, 0.15) is 0 Å². The first-order chi connectivity index (χ1) is 8.27. The minimum absolute atomic E-state index is 0.0352. The van der Waals surface area contributed by atoms with E-state index in [0.717, 1.165) is 45.4 Å². The van der Waals surface area contributed by atoms with E-state index in [4.69, 9.17) is 9.47 Å². The van der Waals surface area contributed by atoms with Crippen LogP contribution in [0.5, 0.6) is 0 Å². The molecule has 2 unspecified atom stereocenters. The van der Waals surface area contributed by atoms with Gasteiger partial charge in [0.2, 0.25) is 0 Å². The fraction of sp³-hybridized carbons (Fsp3) is 1.00. The zero-order valence-electron chi connectivity index (χ0n) is 10.8. The standard InChI is InChI=1S/C13H25NO3/c1-14(11-5-2-3-6-12(11)15)8-7-13-16-9-4-10-17-13/h11-13,15H,2-10H2,1H3. The molecule has 1 saturated carbocycles. The van der Waals surface area contributed by atoms with Crippen molar-refractivity contribution >= 4 is 0 Å². The first-order valence-corrected chi connectivity index (χ1v) is 6.89. The maximum atomic E-state index is 9.97. The average molecular weight is 243 g/mol. The van der Waals surface area contributed by atoms with Gasteiger partial charge in [0.15, 0.2) is 6.29 Å². The fourth-order valence-electron chi connectivity index (χ4n) is 2.78. The molecule has 2 fully saturated rings. The van der Waals surface area contributed by atoms with Crippen molar-refractivity contribution < 1.29 is 14.6 Å². The Bertz CT molecular complexity index is 219. The molecule has 0 aromatic rings. The number of nitrogens with zero attached hydrogens (tertiary/aromatic N) is 1. The largest absolute Gasteiger partial charge is 0.391 e. The number of aliphatic hydroxyl groups is 1. The highest BCUT2D eigenvalue weighted by atomic mass is 16.7. The van der Waals surface area contributed by atoms with E-state index >= 15 is 0 Å². The number of likely N-dealkylation sites (N-methyl/N-ethyl adjacent to an activating group) is 1. The minimum Gasteiger partial charge on any atom is -0.391 e. The molecular formula is C13H25NO3. The van der Waals surface area contributed by atoms with Gasteiger partial charge >= 0.3 is 0 Å². The number of ether oxygens (including phenoxy) is 2. The van der Waals surface area contributed by atoms with Crippen molar-refractivity contribution in [2.24, 2.45) is 0 Å². The lowest BCUT2D eigenvalue weighted by Crippen LogP contribution is -2.44. The highest BCUT2D eigenvalue weighted by Crippen LogP contribution is 2.22. The SMILES string of the molecule is CN(CCC1OCCCO1)C1CCCCC1O. The van der Waals surface area contributed by atoms with Crippen LogP contribution in [0.1, 0.15) is 38.5 Å². The predicted molar refractivity (Wildman–Crippen MR) is 65.8 cm³/mol. The zero-order chi connectivity index (χ0) is 12.1. The van der Waals surface area contributed by atoms with Crippen LogP contribution in [0, 0.1) is 0 Å².